The summed E-state index contributed by atoms with van der Waals surface area (Å²) in [6.45, 7) is 6.58. The van der Waals surface area contributed by atoms with Gasteiger partial charge in [-0.3, -0.25) is 15.0 Å². The Morgan fingerprint density at radius 3 is 2.81 bits per heavy atom. The van der Waals surface area contributed by atoms with Crippen molar-refractivity contribution in [1.82, 2.24) is 24.9 Å². The molecule has 0 aliphatic heterocycles. The SMILES string of the molecule is CCc1nnc(NC(=O)[C@@H](C)N(C)Cc2cnn(-c3ccccc3C)c2)s1. The number of nitrogens with zero attached hydrogens (tertiary/aromatic N) is 5. The molecule has 0 spiro atoms. The van der Waals surface area contributed by atoms with Crippen LogP contribution in [0.1, 0.15) is 30.0 Å². The first-order valence-electron chi connectivity index (χ1n) is 8.91. The number of anilines is 1. The van der Waals surface area contributed by atoms with Crippen LogP contribution in [0.15, 0.2) is 36.7 Å². The second kappa shape index (κ2) is 8.41. The zero-order valence-corrected chi connectivity index (χ0v) is 16.8. The van der Waals surface area contributed by atoms with Crippen molar-refractivity contribution < 1.29 is 4.79 Å². The molecular weight excluding hydrogens is 360 g/mol. The normalized spacial score (nSPS) is 12.3. The molecule has 8 heteroatoms. The molecule has 1 atom stereocenters. The van der Waals surface area contributed by atoms with Crippen molar-refractivity contribution in [2.75, 3.05) is 12.4 Å². The number of carbonyl (C=O) groups excluding carboxylic acids is 1. The quantitative estimate of drug-likeness (QED) is 0.678. The van der Waals surface area contributed by atoms with Gasteiger partial charge in [-0.15, -0.1) is 10.2 Å². The number of para-hydroxylation sites is 1. The summed E-state index contributed by atoms with van der Waals surface area (Å²) in [5.74, 6) is -0.0948. The van der Waals surface area contributed by atoms with Gasteiger partial charge < -0.3 is 0 Å². The molecule has 1 N–H and O–H groups in total. The molecule has 0 bridgehead atoms. The van der Waals surface area contributed by atoms with Gasteiger partial charge in [0.1, 0.15) is 5.01 Å². The first-order valence-corrected chi connectivity index (χ1v) is 9.72. The van der Waals surface area contributed by atoms with Gasteiger partial charge in [0.2, 0.25) is 11.0 Å². The van der Waals surface area contributed by atoms with Crippen LogP contribution in [-0.2, 0) is 17.8 Å². The maximum Gasteiger partial charge on any atom is 0.243 e. The van der Waals surface area contributed by atoms with Gasteiger partial charge in [-0.2, -0.15) is 5.10 Å². The molecule has 1 aromatic carbocycles. The molecule has 2 heterocycles. The summed E-state index contributed by atoms with van der Waals surface area (Å²) in [6.07, 6.45) is 4.65. The van der Waals surface area contributed by atoms with E-state index in [4.69, 9.17) is 0 Å². The molecule has 27 heavy (non-hydrogen) atoms. The summed E-state index contributed by atoms with van der Waals surface area (Å²) in [7, 11) is 1.92. The van der Waals surface area contributed by atoms with E-state index >= 15 is 0 Å². The summed E-state index contributed by atoms with van der Waals surface area (Å²) in [5.41, 5.74) is 3.27. The molecule has 1 amide bonds. The fourth-order valence-electron chi connectivity index (χ4n) is 2.68. The molecule has 0 aliphatic carbocycles. The number of hydrogen-bond donors (Lipinski definition) is 1. The number of nitrogens with one attached hydrogen (secondary N) is 1. The zero-order chi connectivity index (χ0) is 19.4. The third-order valence-corrected chi connectivity index (χ3v) is 5.45. The molecule has 0 radical (unpaired) electrons. The van der Waals surface area contributed by atoms with Crippen LogP contribution in [0.2, 0.25) is 0 Å². The highest BCUT2D eigenvalue weighted by Gasteiger charge is 2.20. The lowest BCUT2D eigenvalue weighted by Crippen LogP contribution is -2.39. The van der Waals surface area contributed by atoms with E-state index in [-0.39, 0.29) is 11.9 Å². The van der Waals surface area contributed by atoms with Crippen LogP contribution in [0.4, 0.5) is 5.13 Å². The molecule has 3 aromatic rings. The minimum atomic E-state index is -0.305. The molecular formula is C19H24N6OS. The maximum absolute atomic E-state index is 12.5. The van der Waals surface area contributed by atoms with E-state index in [0.717, 1.165) is 28.2 Å². The van der Waals surface area contributed by atoms with E-state index < -0.39 is 0 Å². The van der Waals surface area contributed by atoms with Gasteiger partial charge in [0.25, 0.3) is 0 Å². The van der Waals surface area contributed by atoms with Gasteiger partial charge in [-0.1, -0.05) is 36.5 Å². The highest BCUT2D eigenvalue weighted by molar-refractivity contribution is 7.15. The molecule has 3 rings (SSSR count). The van der Waals surface area contributed by atoms with Crippen molar-refractivity contribution in [3.63, 3.8) is 0 Å². The monoisotopic (exact) mass is 384 g/mol. The molecule has 0 unspecified atom stereocenters. The molecule has 0 saturated heterocycles. The predicted octanol–water partition coefficient (Wildman–Crippen LogP) is 3.05. The van der Waals surface area contributed by atoms with Gasteiger partial charge in [0, 0.05) is 18.3 Å². The number of amides is 1. The Labute approximate surface area is 163 Å². The summed E-state index contributed by atoms with van der Waals surface area (Å²) in [4.78, 5) is 14.5. The minimum Gasteiger partial charge on any atom is -0.299 e. The number of rotatable bonds is 7. The van der Waals surface area contributed by atoms with Gasteiger partial charge in [0.15, 0.2) is 0 Å². The average molecular weight is 385 g/mol. The number of aryl methyl sites for hydroxylation is 2. The average Bonchev–Trinajstić information content (AvgIpc) is 3.30. The van der Waals surface area contributed by atoms with Crippen molar-refractivity contribution in [2.45, 2.75) is 39.8 Å². The zero-order valence-electron chi connectivity index (χ0n) is 16.0. The fraction of sp³-hybridized carbons (Fsp3) is 0.368. The van der Waals surface area contributed by atoms with Crippen LogP contribution in [0.25, 0.3) is 5.69 Å². The standard InChI is InChI=1S/C19H24N6OS/c1-5-17-22-23-19(27-17)21-18(26)14(3)24(4)11-15-10-20-25(12-15)16-9-7-6-8-13(16)2/h6-10,12,14H,5,11H2,1-4H3,(H,21,23,26)/t14-/m1/s1. The van der Waals surface area contributed by atoms with E-state index in [1.807, 2.05) is 61.1 Å². The topological polar surface area (TPSA) is 75.9 Å². The Kier molecular flexibility index (Phi) is 5.98. The van der Waals surface area contributed by atoms with Crippen molar-refractivity contribution in [3.05, 3.63) is 52.8 Å². The van der Waals surface area contributed by atoms with Crippen molar-refractivity contribution in [2.24, 2.45) is 0 Å². The third kappa shape index (κ3) is 4.58. The van der Waals surface area contributed by atoms with Gasteiger partial charge in [-0.25, -0.2) is 4.68 Å². The van der Waals surface area contributed by atoms with E-state index in [9.17, 15) is 4.79 Å². The van der Waals surface area contributed by atoms with E-state index in [1.165, 1.54) is 11.3 Å². The summed E-state index contributed by atoms with van der Waals surface area (Å²) in [6, 6.07) is 7.81. The summed E-state index contributed by atoms with van der Waals surface area (Å²) < 4.78 is 1.87. The highest BCUT2D eigenvalue weighted by Crippen LogP contribution is 2.17. The Morgan fingerprint density at radius 1 is 1.33 bits per heavy atom. The van der Waals surface area contributed by atoms with Crippen molar-refractivity contribution >= 4 is 22.4 Å². The molecule has 0 fully saturated rings. The van der Waals surface area contributed by atoms with Crippen LogP contribution >= 0.6 is 11.3 Å². The molecule has 0 aliphatic rings. The van der Waals surface area contributed by atoms with E-state index in [2.05, 4.69) is 33.6 Å². The van der Waals surface area contributed by atoms with Crippen LogP contribution in [0, 0.1) is 6.92 Å². The number of benzene rings is 1. The molecule has 0 saturated carbocycles. The third-order valence-electron chi connectivity index (χ3n) is 4.47. The lowest BCUT2D eigenvalue weighted by atomic mass is 10.2. The minimum absolute atomic E-state index is 0.0948. The lowest BCUT2D eigenvalue weighted by Gasteiger charge is -2.22. The van der Waals surface area contributed by atoms with Crippen molar-refractivity contribution in [1.29, 1.82) is 0 Å². The first-order chi connectivity index (χ1) is 13.0. The van der Waals surface area contributed by atoms with Crippen LogP contribution in [-0.4, -0.2) is 43.9 Å². The number of aromatic nitrogens is 4. The highest BCUT2D eigenvalue weighted by atomic mass is 32.1. The molecule has 142 valence electrons. The Hall–Kier alpha value is -2.58. The summed E-state index contributed by atoms with van der Waals surface area (Å²) in [5, 5.41) is 16.8. The Morgan fingerprint density at radius 2 is 2.11 bits per heavy atom. The van der Waals surface area contributed by atoms with Crippen LogP contribution in [0.5, 0.6) is 0 Å². The smallest absolute Gasteiger partial charge is 0.243 e. The predicted molar refractivity (Wildman–Crippen MR) is 107 cm³/mol. The lowest BCUT2D eigenvalue weighted by molar-refractivity contribution is -0.120. The number of hydrogen-bond acceptors (Lipinski definition) is 6. The second-order valence-corrected chi connectivity index (χ2v) is 7.58. The second-order valence-electron chi connectivity index (χ2n) is 6.51. The number of likely N-dealkylation sites (N-methyl/N-ethyl adjacent to an activating group) is 1. The molecule has 2 aromatic heterocycles. The molecule has 7 nitrogen and oxygen atoms in total. The first kappa shape index (κ1) is 19.2. The van der Waals surface area contributed by atoms with Crippen molar-refractivity contribution in [3.8, 4) is 5.69 Å². The maximum atomic E-state index is 12.5. The Balaban J connectivity index is 1.62. The largest absolute Gasteiger partial charge is 0.299 e. The van der Waals surface area contributed by atoms with Crippen LogP contribution < -0.4 is 5.32 Å². The van der Waals surface area contributed by atoms with Gasteiger partial charge in [0.05, 0.1) is 17.9 Å². The summed E-state index contributed by atoms with van der Waals surface area (Å²) >= 11 is 1.41. The van der Waals surface area contributed by atoms with E-state index in [0.29, 0.717) is 11.7 Å². The number of carbonyl (C=O) groups is 1. The van der Waals surface area contributed by atoms with Crippen LogP contribution in [0.3, 0.4) is 0 Å². The fourth-order valence-corrected chi connectivity index (χ4v) is 3.36. The van der Waals surface area contributed by atoms with Gasteiger partial charge in [-0.05, 0) is 38.9 Å². The van der Waals surface area contributed by atoms with Gasteiger partial charge >= 0.3 is 0 Å². The van der Waals surface area contributed by atoms with E-state index in [1.54, 1.807) is 0 Å². The Bertz CT molecular complexity index is 918.